The average molecular weight is 218 g/mol. The molecule has 0 radical (unpaired) electrons. The second-order valence-electron chi connectivity index (χ2n) is 5.68. The summed E-state index contributed by atoms with van der Waals surface area (Å²) in [4.78, 5) is 0. The van der Waals surface area contributed by atoms with E-state index in [0.717, 1.165) is 11.8 Å². The second-order valence-corrected chi connectivity index (χ2v) is 5.68. The zero-order valence-electron chi connectivity index (χ0n) is 10.2. The highest BCUT2D eigenvalue weighted by molar-refractivity contribution is 5.30. The van der Waals surface area contributed by atoms with Gasteiger partial charge in [-0.05, 0) is 24.7 Å². The van der Waals surface area contributed by atoms with Crippen LogP contribution < -0.4 is 0 Å². The van der Waals surface area contributed by atoms with Gasteiger partial charge in [0.15, 0.2) is 0 Å². The first-order valence-electron chi connectivity index (χ1n) is 6.72. The summed E-state index contributed by atoms with van der Waals surface area (Å²) in [5, 5.41) is 0. The van der Waals surface area contributed by atoms with Crippen molar-refractivity contribution in [1.82, 2.24) is 0 Å². The van der Waals surface area contributed by atoms with Crippen LogP contribution in [0.4, 0.5) is 0 Å². The van der Waals surface area contributed by atoms with E-state index in [1.54, 1.807) is 0 Å². The smallest absolute Gasteiger partial charge is 0.0820 e. The molecular formula is C15H22O. The van der Waals surface area contributed by atoms with E-state index in [9.17, 15) is 0 Å². The Morgan fingerprint density at radius 2 is 1.88 bits per heavy atom. The van der Waals surface area contributed by atoms with Gasteiger partial charge < -0.3 is 4.74 Å². The molecule has 2 fully saturated rings. The van der Waals surface area contributed by atoms with Gasteiger partial charge in [-0.25, -0.2) is 0 Å². The highest BCUT2D eigenvalue weighted by atomic mass is 16.5. The van der Waals surface area contributed by atoms with Crippen LogP contribution in [0.1, 0.15) is 32.1 Å². The van der Waals surface area contributed by atoms with Gasteiger partial charge in [-0.2, -0.15) is 0 Å². The number of ether oxygens (including phenoxy) is 1. The minimum atomic E-state index is 0.303. The van der Waals surface area contributed by atoms with Crippen LogP contribution in [-0.2, 0) is 4.74 Å². The largest absolute Gasteiger partial charge is 0.377 e. The lowest BCUT2D eigenvalue weighted by Crippen LogP contribution is -2.27. The highest BCUT2D eigenvalue weighted by Crippen LogP contribution is 2.55. The van der Waals surface area contributed by atoms with Crippen molar-refractivity contribution in [2.45, 2.75) is 38.2 Å². The van der Waals surface area contributed by atoms with Crippen LogP contribution in [0.15, 0.2) is 24.3 Å². The molecule has 88 valence electrons. The van der Waals surface area contributed by atoms with Gasteiger partial charge in [-0.3, -0.25) is 0 Å². The summed E-state index contributed by atoms with van der Waals surface area (Å²) in [5.41, 5.74) is 1.46. The van der Waals surface area contributed by atoms with Crippen LogP contribution in [0.3, 0.4) is 0 Å². The first kappa shape index (κ1) is 10.6. The van der Waals surface area contributed by atoms with Gasteiger partial charge in [-0.1, -0.05) is 43.6 Å². The van der Waals surface area contributed by atoms with E-state index in [1.807, 2.05) is 7.11 Å². The third kappa shape index (κ3) is 1.41. The number of methoxy groups -OCH3 is 1. The van der Waals surface area contributed by atoms with E-state index < -0.39 is 0 Å². The Morgan fingerprint density at radius 3 is 2.62 bits per heavy atom. The van der Waals surface area contributed by atoms with Crippen LogP contribution in [0.5, 0.6) is 0 Å². The number of fused-ring (bicyclic) bond motifs is 5. The van der Waals surface area contributed by atoms with Crippen molar-refractivity contribution >= 4 is 0 Å². The fraction of sp³-hybridized carbons (Fsp3) is 0.733. The monoisotopic (exact) mass is 218 g/mol. The zero-order chi connectivity index (χ0) is 11.1. The summed E-state index contributed by atoms with van der Waals surface area (Å²) in [6.07, 6.45) is 12.0. The predicted molar refractivity (Wildman–Crippen MR) is 66.1 cm³/mol. The lowest BCUT2D eigenvalue weighted by atomic mass is 9.82. The molecule has 2 bridgehead atoms. The Hall–Kier alpha value is -0.560. The quantitative estimate of drug-likeness (QED) is 0.611. The SMILES string of the molecule is C=C1C2C=C[C@H](OC)C1C1CCCCCC21. The molecule has 3 rings (SSSR count). The molecular weight excluding hydrogens is 196 g/mol. The maximum Gasteiger partial charge on any atom is 0.0820 e. The molecule has 0 aromatic heterocycles. The molecule has 0 aromatic rings. The number of hydrogen-bond acceptors (Lipinski definition) is 1. The van der Waals surface area contributed by atoms with Crippen LogP contribution in [0.25, 0.3) is 0 Å². The van der Waals surface area contributed by atoms with Gasteiger partial charge in [0.2, 0.25) is 0 Å². The minimum Gasteiger partial charge on any atom is -0.377 e. The number of rotatable bonds is 1. The Morgan fingerprint density at radius 1 is 1.12 bits per heavy atom. The fourth-order valence-electron chi connectivity index (χ4n) is 4.32. The van der Waals surface area contributed by atoms with Gasteiger partial charge in [0.05, 0.1) is 6.10 Å². The Bertz CT molecular complexity index is 317. The topological polar surface area (TPSA) is 9.23 Å². The first-order valence-corrected chi connectivity index (χ1v) is 6.72. The molecule has 16 heavy (non-hydrogen) atoms. The Kier molecular flexibility index (Phi) is 2.67. The van der Waals surface area contributed by atoms with Crippen molar-refractivity contribution in [3.8, 4) is 0 Å². The molecule has 3 aliphatic rings. The Balaban J connectivity index is 1.94. The molecule has 0 N–H and O–H groups in total. The van der Waals surface area contributed by atoms with Crippen molar-refractivity contribution in [3.63, 3.8) is 0 Å². The van der Waals surface area contributed by atoms with E-state index in [2.05, 4.69) is 18.7 Å². The standard InChI is InChI=1S/C15H22O/c1-10-11-8-9-14(16-2)15(10)13-7-5-3-4-6-12(11)13/h8-9,11-15H,1,3-7H2,2H3/t11?,12?,13?,14-,15?/m0/s1. The van der Waals surface area contributed by atoms with Crippen LogP contribution in [0, 0.1) is 23.7 Å². The lowest BCUT2D eigenvalue weighted by molar-refractivity contribution is 0.0778. The Labute approximate surface area is 98.6 Å². The lowest BCUT2D eigenvalue weighted by Gasteiger charge is -2.28. The first-order chi connectivity index (χ1) is 7.83. The minimum absolute atomic E-state index is 0.303. The third-order valence-corrected chi connectivity index (χ3v) is 5.04. The molecule has 0 saturated heterocycles. The molecule has 3 aliphatic carbocycles. The van der Waals surface area contributed by atoms with E-state index in [0.29, 0.717) is 17.9 Å². The fourth-order valence-corrected chi connectivity index (χ4v) is 4.32. The molecule has 0 amide bonds. The summed E-state index contributed by atoms with van der Waals surface area (Å²) in [6.45, 7) is 4.36. The summed E-state index contributed by atoms with van der Waals surface area (Å²) in [6, 6.07) is 0. The summed E-state index contributed by atoms with van der Waals surface area (Å²) in [5.74, 6) is 3.00. The molecule has 2 saturated carbocycles. The maximum absolute atomic E-state index is 5.63. The van der Waals surface area contributed by atoms with Crippen molar-refractivity contribution < 1.29 is 4.74 Å². The average Bonchev–Trinajstić information content (AvgIpc) is 2.52. The van der Waals surface area contributed by atoms with Crippen LogP contribution >= 0.6 is 0 Å². The molecule has 5 atom stereocenters. The van der Waals surface area contributed by atoms with Gasteiger partial charge >= 0.3 is 0 Å². The second kappa shape index (κ2) is 4.03. The van der Waals surface area contributed by atoms with E-state index in [1.165, 1.54) is 37.7 Å². The molecule has 0 heterocycles. The van der Waals surface area contributed by atoms with Crippen molar-refractivity contribution in [2.75, 3.05) is 7.11 Å². The predicted octanol–water partition coefficient (Wildman–Crippen LogP) is 3.57. The molecule has 0 aliphatic heterocycles. The van der Waals surface area contributed by atoms with E-state index >= 15 is 0 Å². The highest BCUT2D eigenvalue weighted by Gasteiger charge is 2.49. The van der Waals surface area contributed by atoms with Gasteiger partial charge in [0.1, 0.15) is 0 Å². The molecule has 0 aromatic carbocycles. The normalized spacial score (nSPS) is 46.6. The maximum atomic E-state index is 5.63. The van der Waals surface area contributed by atoms with Crippen molar-refractivity contribution in [3.05, 3.63) is 24.3 Å². The molecule has 4 unspecified atom stereocenters. The van der Waals surface area contributed by atoms with Gasteiger partial charge in [-0.15, -0.1) is 0 Å². The summed E-state index contributed by atoms with van der Waals surface area (Å²) >= 11 is 0. The molecule has 0 spiro atoms. The van der Waals surface area contributed by atoms with Gasteiger partial charge in [0.25, 0.3) is 0 Å². The van der Waals surface area contributed by atoms with Gasteiger partial charge in [0, 0.05) is 18.9 Å². The molecule has 1 heteroatoms. The molecule has 1 nitrogen and oxygen atoms in total. The summed E-state index contributed by atoms with van der Waals surface area (Å²) < 4.78 is 5.63. The van der Waals surface area contributed by atoms with E-state index in [4.69, 9.17) is 4.74 Å². The third-order valence-electron chi connectivity index (χ3n) is 5.04. The van der Waals surface area contributed by atoms with Crippen LogP contribution in [0.2, 0.25) is 0 Å². The van der Waals surface area contributed by atoms with Crippen molar-refractivity contribution in [1.29, 1.82) is 0 Å². The zero-order valence-corrected chi connectivity index (χ0v) is 10.2. The number of allylic oxidation sites excluding steroid dienone is 1. The van der Waals surface area contributed by atoms with Crippen molar-refractivity contribution in [2.24, 2.45) is 23.7 Å². The van der Waals surface area contributed by atoms with Crippen LogP contribution in [-0.4, -0.2) is 13.2 Å². The summed E-state index contributed by atoms with van der Waals surface area (Å²) in [7, 11) is 1.84. The number of hydrogen-bond donors (Lipinski definition) is 0. The van der Waals surface area contributed by atoms with E-state index in [-0.39, 0.29) is 0 Å².